The molecule has 0 aliphatic carbocycles. The maximum Gasteiger partial charge on any atom is -0.00990 e. The van der Waals surface area contributed by atoms with Crippen LogP contribution < -0.4 is 0 Å². The van der Waals surface area contributed by atoms with E-state index in [0.29, 0.717) is 14.5 Å². The van der Waals surface area contributed by atoms with Gasteiger partial charge in [0.2, 0.25) is 0 Å². The van der Waals surface area contributed by atoms with E-state index < -0.39 is 0 Å². The van der Waals surface area contributed by atoms with Crippen LogP contribution in [0.15, 0.2) is 94.8 Å². The Bertz CT molecular complexity index is 821. The van der Waals surface area contributed by atoms with Crippen molar-refractivity contribution in [1.82, 2.24) is 0 Å². The first-order valence-corrected chi connectivity index (χ1v) is 9.68. The number of benzene rings is 4. The van der Waals surface area contributed by atoms with Crippen LogP contribution in [0.3, 0.4) is 0 Å². The van der Waals surface area contributed by atoms with E-state index >= 15 is 0 Å². The molecular formula is C22H16Se. The fourth-order valence-corrected chi connectivity index (χ4v) is 4.04. The monoisotopic (exact) mass is 360 g/mol. The van der Waals surface area contributed by atoms with Crippen LogP contribution in [0.4, 0.5) is 0 Å². The molecule has 0 saturated heterocycles. The Morgan fingerprint density at radius 1 is 0.348 bits per heavy atom. The molecule has 0 atom stereocenters. The van der Waals surface area contributed by atoms with Gasteiger partial charge in [-0.2, -0.15) is 0 Å². The molecular weight excluding hydrogens is 343 g/mol. The fourth-order valence-electron chi connectivity index (χ4n) is 3.09. The smallest absolute Gasteiger partial charge is 0.00990 e. The Morgan fingerprint density at radius 3 is 0.783 bits per heavy atom. The van der Waals surface area contributed by atoms with Crippen molar-refractivity contribution >= 4 is 46.8 Å². The van der Waals surface area contributed by atoms with Crippen molar-refractivity contribution in [3.05, 3.63) is 94.8 Å². The van der Waals surface area contributed by atoms with Crippen LogP contribution in [0, 0.1) is 0 Å². The predicted octanol–water partition coefficient (Wildman–Crippen LogP) is 5.89. The normalized spacial score (nSPS) is 10.6. The summed E-state index contributed by atoms with van der Waals surface area (Å²) in [7, 11) is 0. The van der Waals surface area contributed by atoms with Gasteiger partial charge >= 0.3 is 36.5 Å². The summed E-state index contributed by atoms with van der Waals surface area (Å²) in [5, 5.41) is 8.04. The van der Waals surface area contributed by atoms with E-state index in [-0.39, 0.29) is 0 Å². The Kier molecular flexibility index (Phi) is 3.98. The van der Waals surface area contributed by atoms with E-state index in [0.717, 1.165) is 0 Å². The van der Waals surface area contributed by atoms with Gasteiger partial charge in [0.05, 0.1) is 0 Å². The van der Waals surface area contributed by atoms with Crippen molar-refractivity contribution in [2.24, 2.45) is 0 Å². The van der Waals surface area contributed by atoms with Crippen molar-refractivity contribution in [1.29, 1.82) is 0 Å². The third-order valence-corrected chi connectivity index (χ3v) is 5.40. The molecule has 0 aliphatic heterocycles. The molecule has 0 fully saturated rings. The van der Waals surface area contributed by atoms with Gasteiger partial charge < -0.3 is 0 Å². The Balaban J connectivity index is 0.000000233. The van der Waals surface area contributed by atoms with Gasteiger partial charge in [0.15, 0.2) is 0 Å². The molecule has 0 N–H and O–H groups in total. The molecule has 5 rings (SSSR count). The summed E-state index contributed by atoms with van der Waals surface area (Å²) in [5.41, 5.74) is 0. The van der Waals surface area contributed by atoms with E-state index in [1.807, 2.05) is 0 Å². The molecule has 0 spiro atoms. The molecule has 0 nitrogen and oxygen atoms in total. The van der Waals surface area contributed by atoms with Gasteiger partial charge in [-0.25, -0.2) is 0 Å². The maximum atomic E-state index is 2.21. The minimum absolute atomic E-state index is 0.708. The van der Waals surface area contributed by atoms with E-state index in [9.17, 15) is 0 Å². The van der Waals surface area contributed by atoms with Gasteiger partial charge in [-0.05, 0) is 32.3 Å². The second-order valence-corrected chi connectivity index (χ2v) is 7.14. The van der Waals surface area contributed by atoms with Gasteiger partial charge in [-0.15, -0.1) is 0 Å². The van der Waals surface area contributed by atoms with Gasteiger partial charge in [0.1, 0.15) is 0 Å². The van der Waals surface area contributed by atoms with Crippen molar-refractivity contribution in [3.63, 3.8) is 0 Å². The second-order valence-electron chi connectivity index (χ2n) is 5.43. The van der Waals surface area contributed by atoms with E-state index in [1.54, 1.807) is 0 Å². The first-order valence-electron chi connectivity index (χ1n) is 7.70. The maximum absolute atomic E-state index is 2.21. The third kappa shape index (κ3) is 2.70. The molecule has 0 aliphatic rings. The Morgan fingerprint density at radius 2 is 0.609 bits per heavy atom. The quantitative estimate of drug-likeness (QED) is 0.239. The third-order valence-electron chi connectivity index (χ3n) is 4.08. The topological polar surface area (TPSA) is 0 Å². The van der Waals surface area contributed by atoms with Crippen LogP contribution >= 0.6 is 0 Å². The van der Waals surface area contributed by atoms with Crippen molar-refractivity contribution in [2.75, 3.05) is 0 Å². The first kappa shape index (κ1) is 14.3. The summed E-state index contributed by atoms with van der Waals surface area (Å²) in [4.78, 5) is 4.38. The molecule has 0 saturated carbocycles. The summed E-state index contributed by atoms with van der Waals surface area (Å²) in [6, 6.07) is 30.1. The zero-order valence-electron chi connectivity index (χ0n) is 12.6. The molecule has 0 unspecified atom stereocenters. The van der Waals surface area contributed by atoms with Gasteiger partial charge in [0.25, 0.3) is 0 Å². The average Bonchev–Trinajstić information content (AvgIpc) is 3.22. The van der Waals surface area contributed by atoms with Crippen LogP contribution in [0.25, 0.3) is 32.3 Å². The summed E-state index contributed by atoms with van der Waals surface area (Å²) < 4.78 is 0. The molecule has 1 aromatic heterocycles. The molecule has 110 valence electrons. The predicted molar refractivity (Wildman–Crippen MR) is 102 cm³/mol. The van der Waals surface area contributed by atoms with Crippen LogP contribution in [-0.4, -0.2) is 14.5 Å². The first-order chi connectivity index (χ1) is 11.4. The molecule has 1 heteroatoms. The van der Waals surface area contributed by atoms with Crippen molar-refractivity contribution in [3.8, 4) is 0 Å². The Hall–Kier alpha value is -2.34. The molecule has 23 heavy (non-hydrogen) atoms. The Labute approximate surface area is 141 Å². The van der Waals surface area contributed by atoms with Crippen LogP contribution in [0.2, 0.25) is 0 Å². The molecule has 4 aromatic carbocycles. The standard InChI is InChI=1S/C18H12.C4H4Se/c1-2-8-14-13(7-1)15-9-3-4-11-17(15)18-12-6-5-10-16(14)18;1-2-4-5-3-1/h1-12H;1-4H. The summed E-state index contributed by atoms with van der Waals surface area (Å²) in [6.07, 6.45) is 0. The minimum Gasteiger partial charge on any atom is -0.0616 e. The molecule has 0 amide bonds. The van der Waals surface area contributed by atoms with E-state index in [1.165, 1.54) is 32.3 Å². The molecule has 0 bridgehead atoms. The van der Waals surface area contributed by atoms with Crippen molar-refractivity contribution < 1.29 is 0 Å². The number of fused-ring (bicyclic) bond motifs is 6. The zero-order valence-corrected chi connectivity index (χ0v) is 14.4. The second kappa shape index (κ2) is 6.42. The number of hydrogen-bond donors (Lipinski definition) is 0. The van der Waals surface area contributed by atoms with Crippen LogP contribution in [0.1, 0.15) is 0 Å². The van der Waals surface area contributed by atoms with Crippen LogP contribution in [-0.2, 0) is 0 Å². The zero-order chi connectivity index (χ0) is 15.5. The largest absolute Gasteiger partial charge is 0.0616 e. The summed E-state index contributed by atoms with van der Waals surface area (Å²) >= 11 is 0.708. The van der Waals surface area contributed by atoms with Gasteiger partial charge in [0, 0.05) is 0 Å². The molecule has 0 radical (unpaired) electrons. The summed E-state index contributed by atoms with van der Waals surface area (Å²) in [5.74, 6) is 0. The van der Waals surface area contributed by atoms with Gasteiger partial charge in [-0.3, -0.25) is 0 Å². The average molecular weight is 359 g/mol. The van der Waals surface area contributed by atoms with E-state index in [2.05, 4.69) is 94.8 Å². The molecule has 5 aromatic rings. The SMILES string of the molecule is c1cc[se]c1.c1ccc2c(c1)c1ccccc1c1ccccc21. The molecule has 1 heterocycles. The number of hydrogen-bond acceptors (Lipinski definition) is 0. The van der Waals surface area contributed by atoms with Gasteiger partial charge in [-0.1, -0.05) is 72.8 Å². The number of rotatable bonds is 0. The fraction of sp³-hybridized carbons (Fsp3) is 0. The minimum atomic E-state index is 0.708. The summed E-state index contributed by atoms with van der Waals surface area (Å²) in [6.45, 7) is 0. The van der Waals surface area contributed by atoms with Crippen molar-refractivity contribution in [2.45, 2.75) is 0 Å². The van der Waals surface area contributed by atoms with Crippen LogP contribution in [0.5, 0.6) is 0 Å². The van der Waals surface area contributed by atoms with E-state index in [4.69, 9.17) is 0 Å².